The number of thioether (sulfide) groups is 1. The average molecular weight is 620 g/mol. The summed E-state index contributed by atoms with van der Waals surface area (Å²) < 4.78 is 25.2. The molecule has 1 unspecified atom stereocenters. The van der Waals surface area contributed by atoms with Crippen molar-refractivity contribution in [2.45, 2.75) is 42.8 Å². The first-order valence-corrected chi connectivity index (χ1v) is 15.7. The molecular formula is C32H30FN3O5S2. The molecule has 1 amide bonds. The Morgan fingerprint density at radius 2 is 1.63 bits per heavy atom. The van der Waals surface area contributed by atoms with Gasteiger partial charge in [-0.3, -0.25) is 14.5 Å². The van der Waals surface area contributed by atoms with Gasteiger partial charge in [0.05, 0.1) is 24.8 Å². The van der Waals surface area contributed by atoms with Crippen LogP contribution in [0.4, 0.5) is 9.52 Å². The highest BCUT2D eigenvalue weighted by atomic mass is 32.2. The lowest BCUT2D eigenvalue weighted by Gasteiger charge is -2.22. The number of ether oxygens (including phenoxy) is 2. The van der Waals surface area contributed by atoms with Gasteiger partial charge in [-0.05, 0) is 73.0 Å². The summed E-state index contributed by atoms with van der Waals surface area (Å²) in [6.45, 7) is 5.02. The fraction of sp³-hybridized carbons (Fsp3) is 0.250. The SMILES string of the molecule is CCCCOc1ccc(/C(O)=C2/C(=O)C(=O)N(c3nnc(SCc4ccc(F)cc4)s3)C2c2ccc(OCC)cc2)cc1. The van der Waals surface area contributed by atoms with Crippen molar-refractivity contribution in [2.24, 2.45) is 0 Å². The molecule has 43 heavy (non-hydrogen) atoms. The van der Waals surface area contributed by atoms with Crippen LogP contribution in [0.5, 0.6) is 11.5 Å². The van der Waals surface area contributed by atoms with Crippen LogP contribution in [-0.4, -0.2) is 40.2 Å². The summed E-state index contributed by atoms with van der Waals surface area (Å²) in [6.07, 6.45) is 1.93. The minimum absolute atomic E-state index is 0.0514. The highest BCUT2D eigenvalue weighted by molar-refractivity contribution is 8.00. The van der Waals surface area contributed by atoms with Gasteiger partial charge in [0.1, 0.15) is 23.1 Å². The van der Waals surface area contributed by atoms with Gasteiger partial charge in [-0.2, -0.15) is 0 Å². The molecule has 0 bridgehead atoms. The lowest BCUT2D eigenvalue weighted by molar-refractivity contribution is -0.132. The second kappa shape index (κ2) is 13.8. The average Bonchev–Trinajstić information content (AvgIpc) is 3.59. The first-order valence-electron chi connectivity index (χ1n) is 13.9. The van der Waals surface area contributed by atoms with Crippen molar-refractivity contribution in [3.8, 4) is 11.5 Å². The van der Waals surface area contributed by atoms with E-state index in [2.05, 4.69) is 17.1 Å². The minimum atomic E-state index is -0.945. The number of benzene rings is 3. The predicted molar refractivity (Wildman–Crippen MR) is 165 cm³/mol. The maximum Gasteiger partial charge on any atom is 0.301 e. The molecule has 1 N–H and O–H groups in total. The van der Waals surface area contributed by atoms with Gasteiger partial charge in [-0.15, -0.1) is 10.2 Å². The molecule has 1 aliphatic rings. The minimum Gasteiger partial charge on any atom is -0.507 e. The molecule has 2 heterocycles. The van der Waals surface area contributed by atoms with E-state index in [0.717, 1.165) is 29.7 Å². The fourth-order valence-electron chi connectivity index (χ4n) is 4.54. The van der Waals surface area contributed by atoms with Gasteiger partial charge < -0.3 is 14.6 Å². The first kappa shape index (κ1) is 30.2. The molecule has 4 aromatic rings. The van der Waals surface area contributed by atoms with Gasteiger partial charge in [0.15, 0.2) is 4.34 Å². The molecule has 0 aliphatic carbocycles. The van der Waals surface area contributed by atoms with Crippen LogP contribution in [0.25, 0.3) is 5.76 Å². The molecule has 3 aromatic carbocycles. The molecule has 11 heteroatoms. The van der Waals surface area contributed by atoms with Crippen LogP contribution < -0.4 is 14.4 Å². The van der Waals surface area contributed by atoms with Gasteiger partial charge in [-0.25, -0.2) is 4.39 Å². The molecule has 1 atom stereocenters. The number of hydrogen-bond acceptors (Lipinski definition) is 9. The van der Waals surface area contributed by atoms with Crippen molar-refractivity contribution >= 4 is 45.7 Å². The Labute approximate surface area is 257 Å². The topological polar surface area (TPSA) is 102 Å². The number of anilines is 1. The van der Waals surface area contributed by atoms with E-state index in [0.29, 0.717) is 45.9 Å². The molecule has 1 fully saturated rings. The molecule has 5 rings (SSSR count). The monoisotopic (exact) mass is 619 g/mol. The summed E-state index contributed by atoms with van der Waals surface area (Å²) in [4.78, 5) is 28.3. The van der Waals surface area contributed by atoms with Gasteiger partial charge in [0, 0.05) is 11.3 Å². The number of rotatable bonds is 12. The van der Waals surface area contributed by atoms with Gasteiger partial charge in [-0.1, -0.05) is 60.7 Å². The Morgan fingerprint density at radius 3 is 2.30 bits per heavy atom. The predicted octanol–water partition coefficient (Wildman–Crippen LogP) is 7.17. The van der Waals surface area contributed by atoms with Crippen LogP contribution in [0.15, 0.2) is 82.7 Å². The van der Waals surface area contributed by atoms with E-state index in [1.165, 1.54) is 28.8 Å². The number of unbranched alkanes of at least 4 members (excludes halogenated alkanes) is 1. The maximum absolute atomic E-state index is 13.5. The molecule has 0 spiro atoms. The van der Waals surface area contributed by atoms with Crippen molar-refractivity contribution in [1.29, 1.82) is 0 Å². The van der Waals surface area contributed by atoms with Crippen LogP contribution in [0.3, 0.4) is 0 Å². The number of hydrogen-bond donors (Lipinski definition) is 1. The van der Waals surface area contributed by atoms with Gasteiger partial charge in [0.2, 0.25) is 5.13 Å². The van der Waals surface area contributed by atoms with E-state index in [1.54, 1.807) is 60.7 Å². The van der Waals surface area contributed by atoms with E-state index in [4.69, 9.17) is 9.47 Å². The number of carbonyl (C=O) groups is 2. The number of aromatic nitrogens is 2. The van der Waals surface area contributed by atoms with E-state index in [-0.39, 0.29) is 22.3 Å². The number of aliphatic hydroxyl groups is 1. The smallest absolute Gasteiger partial charge is 0.301 e. The van der Waals surface area contributed by atoms with Gasteiger partial charge >= 0.3 is 5.91 Å². The molecule has 0 saturated carbocycles. The number of ketones is 1. The summed E-state index contributed by atoms with van der Waals surface area (Å²) in [5, 5.41) is 20.1. The third kappa shape index (κ3) is 6.89. The molecule has 0 radical (unpaired) electrons. The van der Waals surface area contributed by atoms with Crippen LogP contribution >= 0.6 is 23.1 Å². The van der Waals surface area contributed by atoms with E-state index in [9.17, 15) is 19.1 Å². The number of amides is 1. The largest absolute Gasteiger partial charge is 0.507 e. The zero-order chi connectivity index (χ0) is 30.3. The quantitative estimate of drug-likeness (QED) is 0.0445. The first-order chi connectivity index (χ1) is 20.9. The Kier molecular flexibility index (Phi) is 9.73. The molecule has 8 nitrogen and oxygen atoms in total. The van der Waals surface area contributed by atoms with E-state index < -0.39 is 17.7 Å². The van der Waals surface area contributed by atoms with Crippen molar-refractivity contribution in [2.75, 3.05) is 18.1 Å². The zero-order valence-electron chi connectivity index (χ0n) is 23.7. The van der Waals surface area contributed by atoms with Crippen LogP contribution in [0, 0.1) is 5.82 Å². The fourth-order valence-corrected chi connectivity index (χ4v) is 6.36. The standard InChI is InChI=1S/C32H30FN3O5S2/c1-3-5-18-41-25-16-10-22(11-17-25)28(37)26-27(21-8-14-24(15-9-21)40-4-2)36(30(39)29(26)38)31-34-35-32(43-31)42-19-20-6-12-23(33)13-7-20/h6-17,27,37H,3-5,18-19H2,1-2H3/b28-26-. The summed E-state index contributed by atoms with van der Waals surface area (Å²) in [7, 11) is 0. The van der Waals surface area contributed by atoms with E-state index >= 15 is 0 Å². The highest BCUT2D eigenvalue weighted by Crippen LogP contribution is 2.44. The van der Waals surface area contributed by atoms with Crippen molar-refractivity contribution < 1.29 is 28.6 Å². The summed E-state index contributed by atoms with van der Waals surface area (Å²) in [5.74, 6) is -0.441. The zero-order valence-corrected chi connectivity index (χ0v) is 25.3. The number of aliphatic hydroxyl groups excluding tert-OH is 1. The highest BCUT2D eigenvalue weighted by Gasteiger charge is 2.48. The van der Waals surface area contributed by atoms with Crippen LogP contribution in [0.2, 0.25) is 0 Å². The Balaban J connectivity index is 1.48. The molecule has 1 aliphatic heterocycles. The Morgan fingerprint density at radius 1 is 0.953 bits per heavy atom. The number of halogens is 1. The molecule has 222 valence electrons. The third-order valence-electron chi connectivity index (χ3n) is 6.72. The van der Waals surface area contributed by atoms with Crippen LogP contribution in [-0.2, 0) is 15.3 Å². The van der Waals surface area contributed by atoms with Crippen molar-refractivity contribution in [3.05, 3.63) is 101 Å². The summed E-state index contributed by atoms with van der Waals surface area (Å²) >= 11 is 2.55. The number of Topliss-reactive ketones (excluding diaryl/α,β-unsaturated/α-hetero) is 1. The summed E-state index contributed by atoms with van der Waals surface area (Å²) in [5.41, 5.74) is 1.83. The molecule has 1 aromatic heterocycles. The summed E-state index contributed by atoms with van der Waals surface area (Å²) in [6, 6.07) is 19.0. The second-order valence-electron chi connectivity index (χ2n) is 9.66. The number of carbonyl (C=O) groups excluding carboxylic acids is 2. The lowest BCUT2D eigenvalue weighted by Crippen LogP contribution is -2.29. The number of nitrogens with zero attached hydrogens (tertiary/aromatic N) is 3. The molecule has 1 saturated heterocycles. The lowest BCUT2D eigenvalue weighted by atomic mass is 9.95. The Bertz CT molecular complexity index is 1610. The Hall–Kier alpha value is -4.22. The second-order valence-corrected chi connectivity index (χ2v) is 11.8. The maximum atomic E-state index is 13.5. The normalized spacial score (nSPS) is 16.1. The third-order valence-corrected chi connectivity index (χ3v) is 8.85. The van der Waals surface area contributed by atoms with Crippen molar-refractivity contribution in [3.63, 3.8) is 0 Å². The van der Waals surface area contributed by atoms with Crippen LogP contribution in [0.1, 0.15) is 49.4 Å². The van der Waals surface area contributed by atoms with E-state index in [1.807, 2.05) is 6.92 Å². The molecular weight excluding hydrogens is 590 g/mol. The van der Waals surface area contributed by atoms with Gasteiger partial charge in [0.25, 0.3) is 5.78 Å². The van der Waals surface area contributed by atoms with Crippen molar-refractivity contribution in [1.82, 2.24) is 10.2 Å².